The molecule has 0 saturated carbocycles. The Kier molecular flexibility index (Phi) is 5.45. The number of aromatic nitrogens is 5. The molecule has 0 bridgehead atoms. The summed E-state index contributed by atoms with van der Waals surface area (Å²) in [6.07, 6.45) is 4.96. The number of pyridine rings is 1. The lowest BCUT2D eigenvalue weighted by Crippen LogP contribution is -2.20. The molecule has 1 aromatic carbocycles. The minimum absolute atomic E-state index is 0.0416. The predicted molar refractivity (Wildman–Crippen MR) is 133 cm³/mol. The number of benzene rings is 1. The van der Waals surface area contributed by atoms with E-state index in [2.05, 4.69) is 28.5 Å². The zero-order valence-electron chi connectivity index (χ0n) is 19.0. The van der Waals surface area contributed by atoms with E-state index < -0.39 is 5.97 Å². The van der Waals surface area contributed by atoms with Crippen LogP contribution in [0.5, 0.6) is 0 Å². The molecule has 0 fully saturated rings. The molecule has 0 amide bonds. The summed E-state index contributed by atoms with van der Waals surface area (Å²) in [5.41, 5.74) is 3.68. The molecular weight excluding hydrogens is 452 g/mol. The summed E-state index contributed by atoms with van der Waals surface area (Å²) >= 11 is 6.29. The van der Waals surface area contributed by atoms with Crippen molar-refractivity contribution < 1.29 is 9.90 Å². The van der Waals surface area contributed by atoms with Crippen LogP contribution in [0.3, 0.4) is 0 Å². The van der Waals surface area contributed by atoms with Gasteiger partial charge >= 0.3 is 5.97 Å². The smallest absolute Gasteiger partial charge is 0.341 e. The first kappa shape index (κ1) is 21.9. The maximum Gasteiger partial charge on any atom is 0.341 e. The van der Waals surface area contributed by atoms with E-state index in [1.54, 1.807) is 10.7 Å². The molecular formula is C25H23ClN6O2. The van der Waals surface area contributed by atoms with Gasteiger partial charge in [-0.15, -0.1) is 0 Å². The first-order chi connectivity index (χ1) is 16.3. The van der Waals surface area contributed by atoms with Crippen LogP contribution in [0.2, 0.25) is 5.02 Å². The summed E-state index contributed by atoms with van der Waals surface area (Å²) in [5.74, 6) is -0.359. The standard InChI is InChI=1S/C25H23ClN6O2/c1-15(2)31-14-20(18-9-17(26)11-27-23(18)31)21-10-22(30(3)13-16-7-5-4-6-8-16)32-24(29-21)19(12-28-32)25(33)34/h4-12,14-15H,13H2,1-3H3,(H,33,34). The minimum Gasteiger partial charge on any atom is -0.477 e. The highest BCUT2D eigenvalue weighted by Crippen LogP contribution is 2.34. The van der Waals surface area contributed by atoms with Crippen molar-refractivity contribution in [1.82, 2.24) is 24.1 Å². The van der Waals surface area contributed by atoms with Crippen LogP contribution in [-0.2, 0) is 6.54 Å². The monoisotopic (exact) mass is 474 g/mol. The van der Waals surface area contributed by atoms with Gasteiger partial charge in [0.1, 0.15) is 17.0 Å². The Bertz CT molecular complexity index is 1520. The number of anilines is 1. The normalized spacial score (nSPS) is 11.6. The van der Waals surface area contributed by atoms with Crippen molar-refractivity contribution in [3.8, 4) is 11.3 Å². The number of halogens is 1. The third-order valence-electron chi connectivity index (χ3n) is 5.81. The maximum atomic E-state index is 11.9. The number of hydrogen-bond acceptors (Lipinski definition) is 5. The fourth-order valence-electron chi connectivity index (χ4n) is 4.15. The minimum atomic E-state index is -1.08. The molecule has 5 aromatic rings. The van der Waals surface area contributed by atoms with Crippen LogP contribution < -0.4 is 4.90 Å². The third-order valence-corrected chi connectivity index (χ3v) is 6.01. The van der Waals surface area contributed by atoms with Crippen LogP contribution in [-0.4, -0.2) is 42.3 Å². The number of aromatic carboxylic acids is 1. The lowest BCUT2D eigenvalue weighted by atomic mass is 10.1. The molecule has 5 rings (SSSR count). The van der Waals surface area contributed by atoms with Crippen LogP contribution in [0, 0.1) is 0 Å². The molecule has 0 radical (unpaired) electrons. The van der Waals surface area contributed by atoms with Crippen LogP contribution in [0.15, 0.2) is 61.1 Å². The van der Waals surface area contributed by atoms with Crippen molar-refractivity contribution in [3.05, 3.63) is 77.2 Å². The van der Waals surface area contributed by atoms with E-state index in [1.165, 1.54) is 6.20 Å². The van der Waals surface area contributed by atoms with Gasteiger partial charge in [-0.2, -0.15) is 9.61 Å². The van der Waals surface area contributed by atoms with E-state index in [1.807, 2.05) is 60.6 Å². The zero-order chi connectivity index (χ0) is 24.0. The molecule has 0 unspecified atom stereocenters. The first-order valence-corrected chi connectivity index (χ1v) is 11.2. The highest BCUT2D eigenvalue weighted by molar-refractivity contribution is 6.31. The molecule has 0 aliphatic rings. The quantitative estimate of drug-likeness (QED) is 0.358. The molecule has 8 nitrogen and oxygen atoms in total. The summed E-state index contributed by atoms with van der Waals surface area (Å²) < 4.78 is 3.64. The van der Waals surface area contributed by atoms with E-state index in [4.69, 9.17) is 16.6 Å². The van der Waals surface area contributed by atoms with Gasteiger partial charge in [-0.25, -0.2) is 14.8 Å². The number of carboxylic acid groups (broad SMARTS) is 1. The van der Waals surface area contributed by atoms with Gasteiger partial charge in [0.2, 0.25) is 0 Å². The Labute approximate surface area is 201 Å². The maximum absolute atomic E-state index is 11.9. The zero-order valence-corrected chi connectivity index (χ0v) is 19.7. The number of carboxylic acids is 1. The van der Waals surface area contributed by atoms with Crippen LogP contribution in [0.25, 0.3) is 27.9 Å². The van der Waals surface area contributed by atoms with Gasteiger partial charge in [0, 0.05) is 49.0 Å². The SMILES string of the molecule is CC(C)n1cc(-c2cc(N(C)Cc3ccccc3)n3ncc(C(=O)O)c3n2)c2cc(Cl)cnc21. The Hall–Kier alpha value is -3.91. The van der Waals surface area contributed by atoms with Gasteiger partial charge in [-0.05, 0) is 25.5 Å². The second-order valence-electron chi connectivity index (χ2n) is 8.51. The predicted octanol–water partition coefficient (Wildman–Crippen LogP) is 5.31. The third kappa shape index (κ3) is 3.76. The van der Waals surface area contributed by atoms with E-state index in [-0.39, 0.29) is 17.3 Å². The molecule has 0 aliphatic carbocycles. The fourth-order valence-corrected chi connectivity index (χ4v) is 4.31. The van der Waals surface area contributed by atoms with Gasteiger partial charge in [0.25, 0.3) is 0 Å². The van der Waals surface area contributed by atoms with Crippen LogP contribution >= 0.6 is 11.6 Å². The van der Waals surface area contributed by atoms with Crippen LogP contribution in [0.1, 0.15) is 35.8 Å². The Morgan fingerprint density at radius 1 is 1.15 bits per heavy atom. The Balaban J connectivity index is 1.75. The van der Waals surface area contributed by atoms with Crippen molar-refractivity contribution >= 4 is 40.1 Å². The molecule has 172 valence electrons. The Morgan fingerprint density at radius 2 is 1.91 bits per heavy atom. The van der Waals surface area contributed by atoms with E-state index in [0.29, 0.717) is 17.3 Å². The number of nitrogens with zero attached hydrogens (tertiary/aromatic N) is 6. The molecule has 0 atom stereocenters. The van der Waals surface area contributed by atoms with Crippen molar-refractivity contribution in [2.45, 2.75) is 26.4 Å². The van der Waals surface area contributed by atoms with Gasteiger partial charge in [0.05, 0.1) is 16.9 Å². The molecule has 0 spiro atoms. The topological polar surface area (TPSA) is 88.5 Å². The molecule has 4 aromatic heterocycles. The molecule has 34 heavy (non-hydrogen) atoms. The van der Waals surface area contributed by atoms with E-state index >= 15 is 0 Å². The molecule has 0 aliphatic heterocycles. The summed E-state index contributed by atoms with van der Waals surface area (Å²) in [4.78, 5) is 23.2. The largest absolute Gasteiger partial charge is 0.477 e. The summed E-state index contributed by atoms with van der Waals surface area (Å²) in [6.45, 7) is 4.77. The Morgan fingerprint density at radius 3 is 2.62 bits per heavy atom. The fraction of sp³-hybridized carbons (Fsp3) is 0.200. The van der Waals surface area contributed by atoms with Crippen molar-refractivity contribution in [1.29, 1.82) is 0 Å². The van der Waals surface area contributed by atoms with Crippen molar-refractivity contribution in [2.24, 2.45) is 0 Å². The first-order valence-electron chi connectivity index (χ1n) is 10.9. The summed E-state index contributed by atoms with van der Waals surface area (Å²) in [6, 6.07) is 14.0. The average Bonchev–Trinajstić information content (AvgIpc) is 3.40. The van der Waals surface area contributed by atoms with Gasteiger partial charge in [-0.1, -0.05) is 41.9 Å². The van der Waals surface area contributed by atoms with E-state index in [0.717, 1.165) is 28.0 Å². The molecule has 4 heterocycles. The van der Waals surface area contributed by atoms with Gasteiger partial charge in [-0.3, -0.25) is 0 Å². The number of hydrogen-bond donors (Lipinski definition) is 1. The second-order valence-corrected chi connectivity index (χ2v) is 8.94. The van der Waals surface area contributed by atoms with E-state index in [9.17, 15) is 9.90 Å². The van der Waals surface area contributed by atoms with Crippen molar-refractivity contribution in [2.75, 3.05) is 11.9 Å². The van der Waals surface area contributed by atoms with Crippen LogP contribution in [0.4, 0.5) is 5.82 Å². The summed E-state index contributed by atoms with van der Waals surface area (Å²) in [7, 11) is 1.95. The number of rotatable bonds is 6. The summed E-state index contributed by atoms with van der Waals surface area (Å²) in [5, 5.41) is 15.5. The molecule has 1 N–H and O–H groups in total. The number of fused-ring (bicyclic) bond motifs is 2. The lowest BCUT2D eigenvalue weighted by Gasteiger charge is -2.21. The van der Waals surface area contributed by atoms with Crippen molar-refractivity contribution in [3.63, 3.8) is 0 Å². The van der Waals surface area contributed by atoms with Gasteiger partial charge < -0.3 is 14.6 Å². The highest BCUT2D eigenvalue weighted by Gasteiger charge is 2.21. The highest BCUT2D eigenvalue weighted by atomic mass is 35.5. The van der Waals surface area contributed by atoms with Gasteiger partial charge in [0.15, 0.2) is 5.65 Å². The average molecular weight is 475 g/mol. The molecule has 0 saturated heterocycles. The number of carbonyl (C=O) groups is 1. The molecule has 9 heteroatoms. The second kappa shape index (κ2) is 8.46. The lowest BCUT2D eigenvalue weighted by molar-refractivity contribution is 0.0698.